The molecule has 1 aromatic heterocycles. The number of aliphatic hydroxyl groups is 1. The number of hydrogen-bond donors (Lipinski definition) is 4. The molecule has 0 saturated heterocycles. The monoisotopic (exact) mass is 512 g/mol. The van der Waals surface area contributed by atoms with Gasteiger partial charge >= 0.3 is 5.97 Å². The molecule has 8 heteroatoms. The van der Waals surface area contributed by atoms with Crippen molar-refractivity contribution in [2.24, 2.45) is 0 Å². The molecule has 3 aromatic carbocycles. The van der Waals surface area contributed by atoms with Crippen LogP contribution in [0.4, 0.5) is 5.95 Å². The molecule has 38 heavy (non-hydrogen) atoms. The Labute approximate surface area is 222 Å². The van der Waals surface area contributed by atoms with Crippen LogP contribution in [0.5, 0.6) is 0 Å². The average molecular weight is 513 g/mol. The summed E-state index contributed by atoms with van der Waals surface area (Å²) in [5.41, 5.74) is 4.93. The highest BCUT2D eigenvalue weighted by atomic mass is 16.4. The first-order valence-corrected chi connectivity index (χ1v) is 12.7. The topological polar surface area (TPSA) is 116 Å². The third-order valence-electron chi connectivity index (χ3n) is 6.26. The molecule has 0 aliphatic heterocycles. The average Bonchev–Trinajstić information content (AvgIpc) is 3.34. The van der Waals surface area contributed by atoms with Gasteiger partial charge in [0.15, 0.2) is 0 Å². The second kappa shape index (κ2) is 12.7. The van der Waals surface area contributed by atoms with Crippen LogP contribution in [0, 0.1) is 0 Å². The van der Waals surface area contributed by atoms with Crippen LogP contribution in [0.25, 0.3) is 22.3 Å². The summed E-state index contributed by atoms with van der Waals surface area (Å²) < 4.78 is 1.82. The van der Waals surface area contributed by atoms with Gasteiger partial charge in [0.05, 0.1) is 24.9 Å². The molecule has 4 N–H and O–H groups in total. The van der Waals surface area contributed by atoms with Gasteiger partial charge in [-0.25, -0.2) is 9.78 Å². The number of hydrogen-bond acceptors (Lipinski definition) is 5. The molecule has 0 atom stereocenters. The van der Waals surface area contributed by atoms with Crippen LogP contribution in [0.15, 0.2) is 79.0 Å². The van der Waals surface area contributed by atoms with E-state index in [1.54, 1.807) is 6.07 Å². The Balaban J connectivity index is 1.64. The van der Waals surface area contributed by atoms with Gasteiger partial charge in [-0.15, -0.1) is 0 Å². The minimum atomic E-state index is -0.983. The Morgan fingerprint density at radius 2 is 1.66 bits per heavy atom. The molecule has 0 aliphatic carbocycles. The van der Waals surface area contributed by atoms with E-state index in [0.717, 1.165) is 41.6 Å². The first kappa shape index (κ1) is 26.6. The lowest BCUT2D eigenvalue weighted by Gasteiger charge is -2.14. The van der Waals surface area contributed by atoms with E-state index in [-0.39, 0.29) is 24.6 Å². The number of rotatable bonds is 12. The van der Waals surface area contributed by atoms with E-state index < -0.39 is 5.97 Å². The number of aromatic nitrogens is 2. The Bertz CT molecular complexity index is 1380. The SMILES string of the molecule is CCCCNc1ncc(C(=O)NCCO)n1Cc1ccc(-c2cc(-c3ccccc3)ccc2C(=O)O)cc1. The highest BCUT2D eigenvalue weighted by molar-refractivity contribution is 5.97. The number of carboxylic acid groups (broad SMARTS) is 1. The maximum absolute atomic E-state index is 12.7. The fourth-order valence-corrected chi connectivity index (χ4v) is 4.25. The molecular formula is C30H32N4O4. The second-order valence-electron chi connectivity index (χ2n) is 8.94. The Hall–Kier alpha value is -4.43. The number of carbonyl (C=O) groups is 2. The summed E-state index contributed by atoms with van der Waals surface area (Å²) >= 11 is 0. The largest absolute Gasteiger partial charge is 0.478 e. The van der Waals surface area contributed by atoms with Crippen molar-refractivity contribution >= 4 is 17.8 Å². The van der Waals surface area contributed by atoms with Gasteiger partial charge in [-0.1, -0.05) is 74.0 Å². The Morgan fingerprint density at radius 3 is 2.34 bits per heavy atom. The van der Waals surface area contributed by atoms with Gasteiger partial charge in [0, 0.05) is 13.1 Å². The highest BCUT2D eigenvalue weighted by Gasteiger charge is 2.17. The third-order valence-corrected chi connectivity index (χ3v) is 6.26. The quantitative estimate of drug-likeness (QED) is 0.201. The van der Waals surface area contributed by atoms with Crippen molar-refractivity contribution in [1.82, 2.24) is 14.9 Å². The highest BCUT2D eigenvalue weighted by Crippen LogP contribution is 2.30. The summed E-state index contributed by atoms with van der Waals surface area (Å²) in [7, 11) is 0. The zero-order valence-corrected chi connectivity index (χ0v) is 21.4. The van der Waals surface area contributed by atoms with Gasteiger partial charge < -0.3 is 25.4 Å². The molecule has 0 unspecified atom stereocenters. The molecule has 196 valence electrons. The van der Waals surface area contributed by atoms with E-state index in [9.17, 15) is 14.7 Å². The number of amides is 1. The molecule has 4 rings (SSSR count). The number of carbonyl (C=O) groups excluding carboxylic acids is 1. The predicted octanol–water partition coefficient (Wildman–Crippen LogP) is 4.90. The summed E-state index contributed by atoms with van der Waals surface area (Å²) in [6.45, 7) is 3.25. The first-order valence-electron chi connectivity index (χ1n) is 12.7. The van der Waals surface area contributed by atoms with E-state index in [0.29, 0.717) is 23.8 Å². The molecule has 0 spiro atoms. The smallest absolute Gasteiger partial charge is 0.336 e. The molecule has 4 aromatic rings. The number of anilines is 1. The van der Waals surface area contributed by atoms with Gasteiger partial charge in [-0.2, -0.15) is 0 Å². The molecule has 0 radical (unpaired) electrons. The van der Waals surface area contributed by atoms with E-state index in [2.05, 4.69) is 22.5 Å². The fourth-order valence-electron chi connectivity index (χ4n) is 4.25. The van der Waals surface area contributed by atoms with Crippen LogP contribution in [0.2, 0.25) is 0 Å². The summed E-state index contributed by atoms with van der Waals surface area (Å²) in [6, 6.07) is 22.9. The predicted molar refractivity (Wildman–Crippen MR) is 148 cm³/mol. The minimum absolute atomic E-state index is 0.146. The van der Waals surface area contributed by atoms with Crippen molar-refractivity contribution in [1.29, 1.82) is 0 Å². The maximum atomic E-state index is 12.7. The molecular weight excluding hydrogens is 480 g/mol. The van der Waals surface area contributed by atoms with Crippen molar-refractivity contribution in [3.63, 3.8) is 0 Å². The van der Waals surface area contributed by atoms with Crippen LogP contribution in [-0.2, 0) is 6.54 Å². The summed E-state index contributed by atoms with van der Waals surface area (Å²) in [6.07, 6.45) is 3.54. The van der Waals surface area contributed by atoms with Crippen molar-refractivity contribution in [2.45, 2.75) is 26.3 Å². The van der Waals surface area contributed by atoms with Crippen molar-refractivity contribution in [3.05, 3.63) is 95.8 Å². The molecule has 1 amide bonds. The van der Waals surface area contributed by atoms with E-state index >= 15 is 0 Å². The maximum Gasteiger partial charge on any atom is 0.336 e. The molecule has 1 heterocycles. The van der Waals surface area contributed by atoms with Crippen LogP contribution in [0.3, 0.4) is 0 Å². The molecule has 0 bridgehead atoms. The number of unbranched alkanes of at least 4 members (excludes halogenated alkanes) is 1. The first-order chi connectivity index (χ1) is 18.5. The van der Waals surface area contributed by atoms with Crippen LogP contribution >= 0.6 is 0 Å². The van der Waals surface area contributed by atoms with E-state index in [4.69, 9.17) is 5.11 Å². The van der Waals surface area contributed by atoms with Gasteiger partial charge in [0.2, 0.25) is 5.95 Å². The lowest BCUT2D eigenvalue weighted by molar-refractivity contribution is 0.0697. The minimum Gasteiger partial charge on any atom is -0.478 e. The standard InChI is InChI=1S/C30H32N4O4/c1-2-3-15-32-30-33-19-27(28(36)31-16-17-35)34(30)20-21-9-11-23(12-10-21)26-18-24(13-14-25(26)29(37)38)22-7-5-4-6-8-22/h4-14,18-19,35H,2-3,15-17,20H2,1H3,(H,31,36)(H,32,33)(H,37,38). The zero-order chi connectivity index (χ0) is 26.9. The van der Waals surface area contributed by atoms with Crippen LogP contribution < -0.4 is 10.6 Å². The molecule has 0 aliphatic rings. The van der Waals surface area contributed by atoms with Crippen molar-refractivity contribution in [2.75, 3.05) is 25.0 Å². The fraction of sp³-hybridized carbons (Fsp3) is 0.233. The van der Waals surface area contributed by atoms with E-state index in [1.165, 1.54) is 6.20 Å². The third kappa shape index (κ3) is 6.27. The number of aliphatic hydroxyl groups excluding tert-OH is 1. The lowest BCUT2D eigenvalue weighted by atomic mass is 9.94. The summed E-state index contributed by atoms with van der Waals surface area (Å²) in [5, 5.41) is 24.9. The number of imidazole rings is 1. The zero-order valence-electron chi connectivity index (χ0n) is 21.4. The number of carboxylic acids is 1. The molecule has 0 saturated carbocycles. The molecule has 8 nitrogen and oxygen atoms in total. The number of benzene rings is 3. The van der Waals surface area contributed by atoms with Gasteiger partial charge in [0.25, 0.3) is 5.91 Å². The number of nitrogens with one attached hydrogen (secondary N) is 2. The normalized spacial score (nSPS) is 10.8. The molecule has 0 fully saturated rings. The number of aromatic carboxylic acids is 1. The van der Waals surface area contributed by atoms with Crippen LogP contribution in [0.1, 0.15) is 46.2 Å². The van der Waals surface area contributed by atoms with Gasteiger partial charge in [-0.3, -0.25) is 4.79 Å². The second-order valence-corrected chi connectivity index (χ2v) is 8.94. The van der Waals surface area contributed by atoms with Crippen LogP contribution in [-0.4, -0.2) is 51.3 Å². The van der Waals surface area contributed by atoms with Crippen molar-refractivity contribution in [3.8, 4) is 22.3 Å². The Morgan fingerprint density at radius 1 is 0.921 bits per heavy atom. The van der Waals surface area contributed by atoms with Gasteiger partial charge in [-0.05, 0) is 46.4 Å². The Kier molecular flexibility index (Phi) is 8.89. The van der Waals surface area contributed by atoms with E-state index in [1.807, 2.05) is 71.3 Å². The lowest BCUT2D eigenvalue weighted by Crippen LogP contribution is -2.29. The summed E-state index contributed by atoms with van der Waals surface area (Å²) in [5.74, 6) is -0.695. The summed E-state index contributed by atoms with van der Waals surface area (Å²) in [4.78, 5) is 29.1. The van der Waals surface area contributed by atoms with Crippen molar-refractivity contribution < 1.29 is 19.8 Å². The van der Waals surface area contributed by atoms with Gasteiger partial charge in [0.1, 0.15) is 5.69 Å². The number of nitrogens with zero attached hydrogens (tertiary/aromatic N) is 2.